The van der Waals surface area contributed by atoms with E-state index < -0.39 is 15.8 Å². The number of thiazole rings is 1. The predicted octanol–water partition coefficient (Wildman–Crippen LogP) is 4.44. The van der Waals surface area contributed by atoms with Gasteiger partial charge < -0.3 is 4.74 Å². The van der Waals surface area contributed by atoms with E-state index in [1.165, 1.54) is 30.6 Å². The maximum Gasteiger partial charge on any atom is 0.240 e. The molecule has 0 saturated heterocycles. The summed E-state index contributed by atoms with van der Waals surface area (Å²) in [5.41, 5.74) is 1.81. The molecule has 0 aliphatic heterocycles. The number of nitrogens with zero attached hydrogens (tertiary/aromatic N) is 1. The highest BCUT2D eigenvalue weighted by Crippen LogP contribution is 2.29. The van der Waals surface area contributed by atoms with Gasteiger partial charge in [-0.05, 0) is 43.7 Å². The number of halogens is 2. The average molecular weight is 441 g/mol. The van der Waals surface area contributed by atoms with Crippen LogP contribution in [0.1, 0.15) is 10.6 Å². The molecule has 0 radical (unpaired) electrons. The minimum absolute atomic E-state index is 0.00559. The van der Waals surface area contributed by atoms with E-state index in [9.17, 15) is 12.8 Å². The molecule has 3 rings (SSSR count). The molecule has 5 nitrogen and oxygen atoms in total. The maximum absolute atomic E-state index is 13.8. The standard InChI is InChI=1S/C19H18ClFN2O3S2/c1-12-18(27-19(23-12)13-3-5-14(20)6-4-13)9-10-22-28(24,25)15-7-8-17(26-2)16(21)11-15/h3-8,11,22H,9-10H2,1-2H3. The van der Waals surface area contributed by atoms with E-state index in [0.717, 1.165) is 27.2 Å². The molecule has 0 bridgehead atoms. The summed E-state index contributed by atoms with van der Waals surface area (Å²) in [7, 11) is -2.50. The second-order valence-corrected chi connectivity index (χ2v) is 9.27. The summed E-state index contributed by atoms with van der Waals surface area (Å²) in [5, 5.41) is 1.51. The lowest BCUT2D eigenvalue weighted by Crippen LogP contribution is -2.26. The van der Waals surface area contributed by atoms with Crippen LogP contribution in [0, 0.1) is 12.7 Å². The summed E-state index contributed by atoms with van der Waals surface area (Å²) >= 11 is 7.42. The first-order valence-corrected chi connectivity index (χ1v) is 11.0. The van der Waals surface area contributed by atoms with Gasteiger partial charge in [-0.25, -0.2) is 22.5 Å². The van der Waals surface area contributed by atoms with Crippen LogP contribution in [0.4, 0.5) is 4.39 Å². The second kappa shape index (κ2) is 8.57. The number of sulfonamides is 1. The Balaban J connectivity index is 1.67. The van der Waals surface area contributed by atoms with Crippen molar-refractivity contribution in [3.8, 4) is 16.3 Å². The van der Waals surface area contributed by atoms with Crippen LogP contribution >= 0.6 is 22.9 Å². The van der Waals surface area contributed by atoms with Crippen LogP contribution in [-0.4, -0.2) is 27.1 Å². The van der Waals surface area contributed by atoms with Crippen molar-refractivity contribution in [3.63, 3.8) is 0 Å². The third-order valence-electron chi connectivity index (χ3n) is 4.06. The molecule has 148 valence electrons. The van der Waals surface area contributed by atoms with Crippen molar-refractivity contribution in [2.45, 2.75) is 18.2 Å². The van der Waals surface area contributed by atoms with Crippen molar-refractivity contribution in [3.05, 3.63) is 63.9 Å². The fraction of sp³-hybridized carbons (Fsp3) is 0.211. The molecule has 9 heteroatoms. The van der Waals surface area contributed by atoms with E-state index in [0.29, 0.717) is 11.4 Å². The quantitative estimate of drug-likeness (QED) is 0.589. The van der Waals surface area contributed by atoms with Gasteiger partial charge in [0.1, 0.15) is 5.01 Å². The van der Waals surface area contributed by atoms with Crippen molar-refractivity contribution >= 4 is 33.0 Å². The zero-order chi connectivity index (χ0) is 20.3. The zero-order valence-corrected chi connectivity index (χ0v) is 17.6. The molecule has 2 aromatic carbocycles. The largest absolute Gasteiger partial charge is 0.494 e. The van der Waals surface area contributed by atoms with Crippen molar-refractivity contribution in [1.82, 2.24) is 9.71 Å². The first-order chi connectivity index (χ1) is 13.3. The highest BCUT2D eigenvalue weighted by atomic mass is 35.5. The van der Waals surface area contributed by atoms with Crippen molar-refractivity contribution < 1.29 is 17.5 Å². The molecule has 0 aliphatic rings. The minimum atomic E-state index is -3.82. The van der Waals surface area contributed by atoms with Crippen LogP contribution in [0.15, 0.2) is 47.4 Å². The molecule has 0 spiro atoms. The van der Waals surface area contributed by atoms with Gasteiger partial charge in [0.25, 0.3) is 0 Å². The van der Waals surface area contributed by atoms with Crippen LogP contribution < -0.4 is 9.46 Å². The van der Waals surface area contributed by atoms with Crippen LogP contribution in [0.25, 0.3) is 10.6 Å². The molecule has 3 aromatic rings. The summed E-state index contributed by atoms with van der Waals surface area (Å²) in [6, 6.07) is 10.9. The lowest BCUT2D eigenvalue weighted by molar-refractivity contribution is 0.385. The third kappa shape index (κ3) is 4.70. The van der Waals surface area contributed by atoms with Crippen LogP contribution in [0.5, 0.6) is 5.75 Å². The number of hydrogen-bond donors (Lipinski definition) is 1. The zero-order valence-electron chi connectivity index (χ0n) is 15.2. The van der Waals surface area contributed by atoms with Gasteiger partial charge in [0.15, 0.2) is 11.6 Å². The summed E-state index contributed by atoms with van der Waals surface area (Å²) in [6.45, 7) is 2.07. The van der Waals surface area contributed by atoms with Gasteiger partial charge in [-0.1, -0.05) is 23.7 Å². The van der Waals surface area contributed by atoms with Gasteiger partial charge in [-0.15, -0.1) is 11.3 Å². The fourth-order valence-corrected chi connectivity index (χ4v) is 4.81. The van der Waals surface area contributed by atoms with Crippen LogP contribution in [0.2, 0.25) is 5.02 Å². The lowest BCUT2D eigenvalue weighted by atomic mass is 10.2. The smallest absolute Gasteiger partial charge is 0.240 e. The molecule has 1 N–H and O–H groups in total. The SMILES string of the molecule is COc1ccc(S(=O)(=O)NCCc2sc(-c3ccc(Cl)cc3)nc2C)cc1F. The number of hydrogen-bond acceptors (Lipinski definition) is 5. The van der Waals surface area contributed by atoms with Crippen LogP contribution in [0.3, 0.4) is 0 Å². The lowest BCUT2D eigenvalue weighted by Gasteiger charge is -2.08. The van der Waals surface area contributed by atoms with Crippen LogP contribution in [-0.2, 0) is 16.4 Å². The first kappa shape index (κ1) is 20.7. The molecular formula is C19H18ClFN2O3S2. The van der Waals surface area contributed by atoms with Gasteiger partial charge in [-0.3, -0.25) is 0 Å². The van der Waals surface area contributed by atoms with Gasteiger partial charge in [0.05, 0.1) is 17.7 Å². The molecule has 1 aromatic heterocycles. The average Bonchev–Trinajstić information content (AvgIpc) is 3.03. The number of benzene rings is 2. The Morgan fingerprint density at radius 2 is 1.93 bits per heavy atom. The Hall–Kier alpha value is -2.00. The molecule has 0 aliphatic carbocycles. The van der Waals surface area contributed by atoms with E-state index >= 15 is 0 Å². The van der Waals surface area contributed by atoms with Gasteiger partial charge >= 0.3 is 0 Å². The monoisotopic (exact) mass is 440 g/mol. The van der Waals surface area contributed by atoms with Gasteiger partial charge in [-0.2, -0.15) is 0 Å². The van der Waals surface area contributed by atoms with Crippen molar-refractivity contribution in [1.29, 1.82) is 0 Å². The van der Waals surface area contributed by atoms with E-state index in [-0.39, 0.29) is 17.2 Å². The number of methoxy groups -OCH3 is 1. The molecular weight excluding hydrogens is 423 g/mol. The Morgan fingerprint density at radius 3 is 2.57 bits per heavy atom. The molecule has 28 heavy (non-hydrogen) atoms. The first-order valence-electron chi connectivity index (χ1n) is 8.35. The minimum Gasteiger partial charge on any atom is -0.494 e. The van der Waals surface area contributed by atoms with Gasteiger partial charge in [0.2, 0.25) is 10.0 Å². The van der Waals surface area contributed by atoms with E-state index in [4.69, 9.17) is 16.3 Å². The number of aromatic nitrogens is 1. The predicted molar refractivity (Wildman–Crippen MR) is 109 cm³/mol. The summed E-state index contributed by atoms with van der Waals surface area (Å²) in [6.07, 6.45) is 0.481. The summed E-state index contributed by atoms with van der Waals surface area (Å²) in [4.78, 5) is 5.38. The Bertz CT molecular complexity index is 1080. The maximum atomic E-state index is 13.8. The van der Waals surface area contributed by atoms with Crippen molar-refractivity contribution in [2.75, 3.05) is 13.7 Å². The molecule has 0 saturated carbocycles. The number of ether oxygens (including phenoxy) is 1. The molecule has 1 heterocycles. The summed E-state index contributed by atoms with van der Waals surface area (Å²) in [5.74, 6) is -0.731. The summed E-state index contributed by atoms with van der Waals surface area (Å²) < 4.78 is 45.8. The highest BCUT2D eigenvalue weighted by molar-refractivity contribution is 7.89. The highest BCUT2D eigenvalue weighted by Gasteiger charge is 2.17. The van der Waals surface area contributed by atoms with E-state index in [2.05, 4.69) is 9.71 Å². The molecule has 0 amide bonds. The molecule has 0 fully saturated rings. The van der Waals surface area contributed by atoms with E-state index in [1.807, 2.05) is 19.1 Å². The second-order valence-electron chi connectivity index (χ2n) is 5.98. The third-order valence-corrected chi connectivity index (χ3v) is 7.04. The number of nitrogens with one attached hydrogen (secondary N) is 1. The van der Waals surface area contributed by atoms with E-state index in [1.54, 1.807) is 12.1 Å². The van der Waals surface area contributed by atoms with Gasteiger partial charge in [0, 0.05) is 22.0 Å². The Morgan fingerprint density at radius 1 is 1.21 bits per heavy atom. The molecule has 0 atom stereocenters. The Kier molecular flexibility index (Phi) is 6.34. The topological polar surface area (TPSA) is 68.3 Å². The Labute approximate surface area is 172 Å². The number of aryl methyl sites for hydroxylation is 1. The normalized spacial score (nSPS) is 11.6. The fourth-order valence-electron chi connectivity index (χ4n) is 2.57. The van der Waals surface area contributed by atoms with Crippen molar-refractivity contribution in [2.24, 2.45) is 0 Å². The number of rotatable bonds is 7. The molecule has 0 unspecified atom stereocenters.